The van der Waals surface area contributed by atoms with Gasteiger partial charge in [0.2, 0.25) is 11.8 Å². The summed E-state index contributed by atoms with van der Waals surface area (Å²) in [4.78, 5) is 19.3. The van der Waals surface area contributed by atoms with Gasteiger partial charge < -0.3 is 21.7 Å². The average Bonchev–Trinajstić information content (AvgIpc) is 1.88. The molecule has 72 valence electrons. The van der Waals surface area contributed by atoms with Gasteiger partial charge in [-0.2, -0.15) is 0 Å². The second-order valence-electron chi connectivity index (χ2n) is 2.16. The Labute approximate surface area is 70.2 Å². The predicted molar refractivity (Wildman–Crippen MR) is 41.8 cm³/mol. The maximum absolute atomic E-state index is 9.67. The van der Waals surface area contributed by atoms with Gasteiger partial charge in [0, 0.05) is 0 Å². The summed E-state index contributed by atoms with van der Waals surface area (Å²) < 4.78 is 0. The first-order valence-corrected chi connectivity index (χ1v) is 3.23. The molecule has 6 nitrogen and oxygen atoms in total. The van der Waals surface area contributed by atoms with Crippen LogP contribution in [0.2, 0.25) is 0 Å². The average molecular weight is 178 g/mol. The van der Waals surface area contributed by atoms with Crippen LogP contribution in [0.4, 0.5) is 0 Å². The molecular formula is C6H14N2O4. The van der Waals surface area contributed by atoms with Gasteiger partial charge in [0.1, 0.15) is 12.2 Å². The summed E-state index contributed by atoms with van der Waals surface area (Å²) in [5.74, 6) is -1.37. The van der Waals surface area contributed by atoms with Gasteiger partial charge in [0.25, 0.3) is 0 Å². The standard InChI is InChI=1S/2C3H7NO2/c2*1-2(5)3(4)6/h2*2,5H,1H3,(H2,4,6)/t2*2-/m11/s1. The van der Waals surface area contributed by atoms with Crippen molar-refractivity contribution < 1.29 is 19.8 Å². The smallest absolute Gasteiger partial charge is 0.245 e. The zero-order valence-electron chi connectivity index (χ0n) is 7.02. The molecule has 6 heteroatoms. The van der Waals surface area contributed by atoms with Crippen LogP contribution in [0.15, 0.2) is 0 Å². The molecule has 0 aromatic heterocycles. The Morgan fingerprint density at radius 1 is 1.00 bits per heavy atom. The van der Waals surface area contributed by atoms with E-state index < -0.39 is 24.0 Å². The number of primary amides is 2. The van der Waals surface area contributed by atoms with Crippen molar-refractivity contribution in [3.8, 4) is 0 Å². The van der Waals surface area contributed by atoms with Crippen molar-refractivity contribution in [3.63, 3.8) is 0 Å². The number of rotatable bonds is 2. The van der Waals surface area contributed by atoms with Crippen molar-refractivity contribution in [2.45, 2.75) is 26.1 Å². The van der Waals surface area contributed by atoms with E-state index >= 15 is 0 Å². The lowest BCUT2D eigenvalue weighted by atomic mass is 10.4. The van der Waals surface area contributed by atoms with Gasteiger partial charge in [-0.25, -0.2) is 0 Å². The van der Waals surface area contributed by atoms with Crippen LogP contribution in [-0.2, 0) is 9.59 Å². The lowest BCUT2D eigenvalue weighted by molar-refractivity contribution is -0.125. The maximum atomic E-state index is 9.67. The largest absolute Gasteiger partial charge is 0.384 e. The third kappa shape index (κ3) is 11.6. The monoisotopic (exact) mass is 178 g/mol. The second kappa shape index (κ2) is 6.56. The van der Waals surface area contributed by atoms with Gasteiger partial charge >= 0.3 is 0 Å². The molecule has 0 rings (SSSR count). The quantitative estimate of drug-likeness (QED) is 0.379. The second-order valence-corrected chi connectivity index (χ2v) is 2.16. The Balaban J connectivity index is 0. The molecule has 12 heavy (non-hydrogen) atoms. The summed E-state index contributed by atoms with van der Waals surface area (Å²) in [6.45, 7) is 2.64. The summed E-state index contributed by atoms with van der Waals surface area (Å²) in [6, 6.07) is 0. The fraction of sp³-hybridized carbons (Fsp3) is 0.667. The van der Waals surface area contributed by atoms with E-state index in [0.717, 1.165) is 0 Å². The minimum atomic E-state index is -1.01. The molecule has 0 aliphatic rings. The Bertz CT molecular complexity index is 138. The Morgan fingerprint density at radius 3 is 1.08 bits per heavy atom. The number of aliphatic hydroxyl groups excluding tert-OH is 2. The van der Waals surface area contributed by atoms with Gasteiger partial charge in [0.05, 0.1) is 0 Å². The molecule has 2 amide bonds. The Kier molecular flexibility index (Phi) is 7.36. The first kappa shape index (κ1) is 13.4. The van der Waals surface area contributed by atoms with Crippen molar-refractivity contribution in [2.75, 3.05) is 0 Å². The highest BCUT2D eigenvalue weighted by atomic mass is 16.3. The highest BCUT2D eigenvalue weighted by molar-refractivity contribution is 5.78. The lowest BCUT2D eigenvalue weighted by Gasteiger charge is -1.90. The van der Waals surface area contributed by atoms with Crippen LogP contribution in [0.1, 0.15) is 13.8 Å². The van der Waals surface area contributed by atoms with E-state index in [1.165, 1.54) is 13.8 Å². The SMILES string of the molecule is C[C@@H](O)C(N)=O.C[C@@H](O)C(N)=O. The third-order valence-corrected chi connectivity index (χ3v) is 0.824. The van der Waals surface area contributed by atoms with Gasteiger partial charge in [0.15, 0.2) is 0 Å². The first-order valence-electron chi connectivity index (χ1n) is 3.23. The third-order valence-electron chi connectivity index (χ3n) is 0.824. The van der Waals surface area contributed by atoms with Crippen LogP contribution < -0.4 is 11.5 Å². The van der Waals surface area contributed by atoms with Crippen molar-refractivity contribution in [1.82, 2.24) is 0 Å². The number of carbonyl (C=O) groups is 2. The molecule has 0 unspecified atom stereocenters. The zero-order valence-corrected chi connectivity index (χ0v) is 7.02. The lowest BCUT2D eigenvalue weighted by Crippen LogP contribution is -2.24. The van der Waals surface area contributed by atoms with E-state index in [4.69, 9.17) is 10.2 Å². The van der Waals surface area contributed by atoms with Crippen molar-refractivity contribution in [2.24, 2.45) is 11.5 Å². The molecular weight excluding hydrogens is 164 g/mol. The van der Waals surface area contributed by atoms with E-state index in [9.17, 15) is 9.59 Å². The Morgan fingerprint density at radius 2 is 1.08 bits per heavy atom. The molecule has 0 bridgehead atoms. The van der Waals surface area contributed by atoms with E-state index in [-0.39, 0.29) is 0 Å². The predicted octanol–water partition coefficient (Wildman–Crippen LogP) is -2.29. The van der Waals surface area contributed by atoms with Crippen molar-refractivity contribution in [3.05, 3.63) is 0 Å². The number of carbonyl (C=O) groups excluding carboxylic acids is 2. The molecule has 0 radical (unpaired) electrons. The van der Waals surface area contributed by atoms with Crippen LogP contribution >= 0.6 is 0 Å². The van der Waals surface area contributed by atoms with Crippen LogP contribution in [0, 0.1) is 0 Å². The minimum Gasteiger partial charge on any atom is -0.384 e. The molecule has 6 N–H and O–H groups in total. The van der Waals surface area contributed by atoms with E-state index in [0.29, 0.717) is 0 Å². The van der Waals surface area contributed by atoms with E-state index in [1.54, 1.807) is 0 Å². The molecule has 0 heterocycles. The molecule has 0 saturated heterocycles. The zero-order chi connectivity index (χ0) is 10.3. The van der Waals surface area contributed by atoms with Crippen molar-refractivity contribution >= 4 is 11.8 Å². The minimum absolute atomic E-state index is 0.685. The summed E-state index contributed by atoms with van der Waals surface area (Å²) in [7, 11) is 0. The first-order chi connectivity index (χ1) is 5.29. The highest BCUT2D eigenvalue weighted by Crippen LogP contribution is 1.70. The van der Waals surface area contributed by atoms with E-state index in [1.807, 2.05) is 0 Å². The number of aliphatic hydroxyl groups is 2. The summed E-state index contributed by atoms with van der Waals surface area (Å²) >= 11 is 0. The summed E-state index contributed by atoms with van der Waals surface area (Å²) in [5, 5.41) is 16.3. The molecule has 0 aliphatic heterocycles. The molecule has 0 aliphatic carbocycles. The fourth-order valence-electron chi connectivity index (χ4n) is 0. The van der Waals surface area contributed by atoms with E-state index in [2.05, 4.69) is 11.5 Å². The highest BCUT2D eigenvalue weighted by Gasteiger charge is 1.98. The van der Waals surface area contributed by atoms with Gasteiger partial charge in [-0.05, 0) is 13.8 Å². The summed E-state index contributed by atoms with van der Waals surface area (Å²) in [5.41, 5.74) is 9.09. The van der Waals surface area contributed by atoms with Crippen LogP contribution in [-0.4, -0.2) is 34.2 Å². The fourth-order valence-corrected chi connectivity index (χ4v) is 0. The van der Waals surface area contributed by atoms with Crippen LogP contribution in [0.25, 0.3) is 0 Å². The van der Waals surface area contributed by atoms with Gasteiger partial charge in [-0.3, -0.25) is 9.59 Å². The van der Waals surface area contributed by atoms with Crippen LogP contribution in [0.5, 0.6) is 0 Å². The number of nitrogens with two attached hydrogens (primary N) is 2. The molecule has 0 spiro atoms. The van der Waals surface area contributed by atoms with Gasteiger partial charge in [-0.15, -0.1) is 0 Å². The molecule has 0 saturated carbocycles. The Hall–Kier alpha value is -1.14. The van der Waals surface area contributed by atoms with Gasteiger partial charge in [-0.1, -0.05) is 0 Å². The van der Waals surface area contributed by atoms with Crippen LogP contribution in [0.3, 0.4) is 0 Å². The maximum Gasteiger partial charge on any atom is 0.245 e. The molecule has 0 aromatic carbocycles. The molecule has 0 aromatic rings. The molecule has 2 atom stereocenters. The number of hydrogen-bond acceptors (Lipinski definition) is 4. The molecule has 0 fully saturated rings. The normalized spacial score (nSPS) is 13.7. The topological polar surface area (TPSA) is 127 Å². The number of hydrogen-bond donors (Lipinski definition) is 4. The summed E-state index contributed by atoms with van der Waals surface area (Å²) in [6.07, 6.45) is -2.02. The number of amides is 2. The van der Waals surface area contributed by atoms with Crippen molar-refractivity contribution in [1.29, 1.82) is 0 Å².